The van der Waals surface area contributed by atoms with Crippen LogP contribution in [0.3, 0.4) is 0 Å². The predicted molar refractivity (Wildman–Crippen MR) is 83.0 cm³/mol. The van der Waals surface area contributed by atoms with Gasteiger partial charge >= 0.3 is 7.60 Å². The monoisotopic (exact) mass is 358 g/mol. The van der Waals surface area contributed by atoms with Crippen molar-refractivity contribution in [3.63, 3.8) is 0 Å². The van der Waals surface area contributed by atoms with Crippen molar-refractivity contribution in [1.29, 1.82) is 0 Å². The lowest BCUT2D eigenvalue weighted by molar-refractivity contribution is 0.0585. The smallest absolute Gasteiger partial charge is 0.350 e. The molecule has 24 heavy (non-hydrogen) atoms. The topological polar surface area (TPSA) is 205 Å². The zero-order valence-electron chi connectivity index (χ0n) is 12.3. The van der Waals surface area contributed by atoms with E-state index in [2.05, 4.69) is 25.0 Å². The van der Waals surface area contributed by atoms with Gasteiger partial charge in [0.05, 0.1) is 19.0 Å². The van der Waals surface area contributed by atoms with Crippen molar-refractivity contribution in [3.05, 3.63) is 27.1 Å². The van der Waals surface area contributed by atoms with Crippen LogP contribution < -0.4 is 11.3 Å². The lowest BCUT2D eigenvalue weighted by atomic mass is 10.2. The number of nitrogens with zero attached hydrogens (tertiary/aromatic N) is 6. The minimum absolute atomic E-state index is 0.0745. The van der Waals surface area contributed by atoms with Gasteiger partial charge < -0.3 is 24.8 Å². The number of aromatic amines is 1. The van der Waals surface area contributed by atoms with Crippen LogP contribution in [0, 0.1) is 0 Å². The zero-order valence-corrected chi connectivity index (χ0v) is 13.2. The number of nitrogen functional groups attached to an aromatic ring is 1. The fraction of sp³-hybridized carbons (Fsp3) is 0.500. The molecule has 2 aromatic rings. The third-order valence-electron chi connectivity index (χ3n) is 2.99. The van der Waals surface area contributed by atoms with Crippen LogP contribution in [0.4, 0.5) is 5.95 Å². The summed E-state index contributed by atoms with van der Waals surface area (Å²) in [5.41, 5.74) is 13.6. The first kappa shape index (κ1) is 17.9. The van der Waals surface area contributed by atoms with E-state index in [1.807, 2.05) is 0 Å². The predicted octanol–water partition coefficient (Wildman–Crippen LogP) is -0.0774. The van der Waals surface area contributed by atoms with Crippen LogP contribution in [-0.4, -0.2) is 48.3 Å². The fourth-order valence-corrected chi connectivity index (χ4v) is 2.41. The minimum Gasteiger partial charge on any atom is -0.369 e. The molecule has 0 saturated carbocycles. The van der Waals surface area contributed by atoms with Crippen molar-refractivity contribution < 1.29 is 19.1 Å². The number of hydrogen-bond donors (Lipinski definition) is 4. The van der Waals surface area contributed by atoms with Crippen molar-refractivity contribution in [3.8, 4) is 0 Å². The summed E-state index contributed by atoms with van der Waals surface area (Å²) in [5, 5.41) is 3.37. The van der Waals surface area contributed by atoms with E-state index in [0.29, 0.717) is 0 Å². The van der Waals surface area contributed by atoms with E-state index in [1.54, 1.807) is 0 Å². The Morgan fingerprint density at radius 2 is 2.33 bits per heavy atom. The van der Waals surface area contributed by atoms with E-state index >= 15 is 0 Å². The highest BCUT2D eigenvalue weighted by atomic mass is 31.2. The number of fused-ring (bicyclic) bond motifs is 1. The van der Waals surface area contributed by atoms with Crippen LogP contribution in [0.5, 0.6) is 0 Å². The molecule has 2 heterocycles. The van der Waals surface area contributed by atoms with Crippen LogP contribution in [0.2, 0.25) is 0 Å². The Morgan fingerprint density at radius 1 is 1.58 bits per heavy atom. The Hall–Kier alpha value is -2.43. The summed E-state index contributed by atoms with van der Waals surface area (Å²) in [4.78, 5) is 42.4. The van der Waals surface area contributed by atoms with Gasteiger partial charge in [-0.25, -0.2) is 4.98 Å². The highest BCUT2D eigenvalue weighted by Gasteiger charge is 2.19. The van der Waals surface area contributed by atoms with E-state index in [1.165, 1.54) is 10.9 Å². The Bertz CT molecular complexity index is 866. The van der Waals surface area contributed by atoms with Gasteiger partial charge in [0, 0.05) is 11.5 Å². The Balaban J connectivity index is 2.22. The molecule has 0 spiro atoms. The molecule has 0 amide bonds. The maximum Gasteiger partial charge on any atom is 0.350 e. The molecule has 2 aromatic heterocycles. The summed E-state index contributed by atoms with van der Waals surface area (Å²) in [6.45, 7) is 0.165. The molecule has 0 bridgehead atoms. The number of nitrogens with two attached hydrogens (primary N) is 1. The number of aromatic nitrogens is 4. The number of anilines is 1. The van der Waals surface area contributed by atoms with Crippen LogP contribution in [-0.2, 0) is 15.8 Å². The fourth-order valence-electron chi connectivity index (χ4n) is 2.00. The number of hydrogen-bond acceptors (Lipinski definition) is 7. The third-order valence-corrected chi connectivity index (χ3v) is 3.47. The second kappa shape index (κ2) is 7.43. The van der Waals surface area contributed by atoms with E-state index in [-0.39, 0.29) is 36.6 Å². The first-order valence-electron chi connectivity index (χ1n) is 6.68. The number of rotatable bonds is 8. The van der Waals surface area contributed by atoms with Gasteiger partial charge in [-0.3, -0.25) is 14.3 Å². The molecule has 0 aliphatic rings. The molecule has 0 fully saturated rings. The molecule has 130 valence electrons. The summed E-state index contributed by atoms with van der Waals surface area (Å²) >= 11 is 0. The number of ether oxygens (including phenoxy) is 1. The SMILES string of the molecule is [N-]=[N+]=NCC[C@@H](Cn1cnc2c(=O)[nH]c(N)nc21)OCP(=O)(O)O. The first-order valence-corrected chi connectivity index (χ1v) is 8.47. The Morgan fingerprint density at radius 3 is 3.00 bits per heavy atom. The molecule has 0 radical (unpaired) electrons. The standard InChI is InChI=1S/C10H15N8O5P/c11-10-15-8-7(9(19)16-10)13-4-18(8)3-6(1-2-14-17-12)23-5-24(20,21)22/h4,6H,1-3,5H2,(H2,20,21,22)(H3,11,15,16,19)/t6-/m0/s1. The van der Waals surface area contributed by atoms with Gasteiger partial charge in [-0.05, 0) is 12.0 Å². The highest BCUT2D eigenvalue weighted by molar-refractivity contribution is 7.51. The van der Waals surface area contributed by atoms with Gasteiger partial charge in [-0.1, -0.05) is 5.11 Å². The van der Waals surface area contributed by atoms with Crippen molar-refractivity contribution in [2.45, 2.75) is 19.1 Å². The van der Waals surface area contributed by atoms with Crippen molar-refractivity contribution >= 4 is 24.7 Å². The normalized spacial score (nSPS) is 12.9. The van der Waals surface area contributed by atoms with Crippen molar-refractivity contribution in [2.24, 2.45) is 5.11 Å². The van der Waals surface area contributed by atoms with Crippen molar-refractivity contribution in [2.75, 3.05) is 18.6 Å². The molecule has 0 unspecified atom stereocenters. The lowest BCUT2D eigenvalue weighted by Gasteiger charge is -2.18. The molecule has 0 saturated heterocycles. The summed E-state index contributed by atoms with van der Waals surface area (Å²) < 4.78 is 17.6. The van der Waals surface area contributed by atoms with Gasteiger partial charge in [0.2, 0.25) is 5.95 Å². The molecule has 0 aliphatic carbocycles. The molecule has 0 aliphatic heterocycles. The number of imidazole rings is 1. The van der Waals surface area contributed by atoms with Gasteiger partial charge in [0.15, 0.2) is 11.2 Å². The van der Waals surface area contributed by atoms with Crippen molar-refractivity contribution in [1.82, 2.24) is 19.5 Å². The van der Waals surface area contributed by atoms with E-state index in [4.69, 9.17) is 25.8 Å². The first-order chi connectivity index (χ1) is 11.3. The number of H-pyrrole nitrogens is 1. The van der Waals surface area contributed by atoms with Crippen LogP contribution in [0.15, 0.2) is 16.2 Å². The largest absolute Gasteiger partial charge is 0.369 e. The summed E-state index contributed by atoms with van der Waals surface area (Å²) in [5.74, 6) is -0.0870. The Labute approximate surface area is 134 Å². The van der Waals surface area contributed by atoms with Crippen LogP contribution >= 0.6 is 7.60 Å². The molecule has 13 nitrogen and oxygen atoms in total. The summed E-state index contributed by atoms with van der Waals surface area (Å²) in [6, 6.07) is 0. The summed E-state index contributed by atoms with van der Waals surface area (Å²) in [6.07, 6.45) is 0.0789. The molecular formula is C10H15N8O5P. The summed E-state index contributed by atoms with van der Waals surface area (Å²) in [7, 11) is -4.35. The number of nitrogens with one attached hydrogen (secondary N) is 1. The van der Waals surface area contributed by atoms with Crippen LogP contribution in [0.25, 0.3) is 21.6 Å². The average Bonchev–Trinajstić information content (AvgIpc) is 2.87. The average molecular weight is 358 g/mol. The third kappa shape index (κ3) is 4.78. The van der Waals surface area contributed by atoms with Gasteiger partial charge in [-0.2, -0.15) is 4.98 Å². The van der Waals surface area contributed by atoms with Gasteiger partial charge in [-0.15, -0.1) is 0 Å². The molecular weight excluding hydrogens is 343 g/mol. The van der Waals surface area contributed by atoms with E-state index in [9.17, 15) is 9.36 Å². The molecule has 14 heteroatoms. The second-order valence-electron chi connectivity index (χ2n) is 4.85. The van der Waals surface area contributed by atoms with E-state index < -0.39 is 25.6 Å². The molecule has 2 rings (SSSR count). The maximum atomic E-state index is 11.7. The number of azide groups is 1. The molecule has 0 aromatic carbocycles. The molecule has 5 N–H and O–H groups in total. The van der Waals surface area contributed by atoms with Gasteiger partial charge in [0.25, 0.3) is 5.56 Å². The lowest BCUT2D eigenvalue weighted by Crippen LogP contribution is -2.22. The van der Waals surface area contributed by atoms with E-state index in [0.717, 1.165) is 0 Å². The molecule has 1 atom stereocenters. The zero-order chi connectivity index (χ0) is 17.7. The van der Waals surface area contributed by atoms with Crippen LogP contribution in [0.1, 0.15) is 6.42 Å². The quantitative estimate of drug-likeness (QED) is 0.217. The minimum atomic E-state index is -4.35. The Kier molecular flexibility index (Phi) is 5.54. The maximum absolute atomic E-state index is 11.7. The highest BCUT2D eigenvalue weighted by Crippen LogP contribution is 2.34. The second-order valence-corrected chi connectivity index (χ2v) is 6.43. The van der Waals surface area contributed by atoms with Gasteiger partial charge in [0.1, 0.15) is 6.35 Å².